The van der Waals surface area contributed by atoms with Crippen molar-refractivity contribution in [1.82, 2.24) is 4.98 Å². The minimum Gasteiger partial charge on any atom is -0.379 e. The second-order valence-corrected chi connectivity index (χ2v) is 6.11. The first kappa shape index (κ1) is 15.2. The van der Waals surface area contributed by atoms with Crippen LogP contribution in [0.15, 0.2) is 22.8 Å². The molecule has 2 aromatic rings. The Kier molecular flexibility index (Phi) is 4.26. The summed E-state index contributed by atoms with van der Waals surface area (Å²) in [6.45, 7) is 1.30. The van der Waals surface area contributed by atoms with Crippen molar-refractivity contribution in [3.05, 3.63) is 34.2 Å². The number of carbonyl (C=O) groups excluding carboxylic acids is 1. The van der Waals surface area contributed by atoms with Crippen LogP contribution < -0.4 is 11.1 Å². The van der Waals surface area contributed by atoms with Crippen LogP contribution in [0.3, 0.4) is 0 Å². The largest absolute Gasteiger partial charge is 0.379 e. The number of aromatic nitrogens is 1. The van der Waals surface area contributed by atoms with Crippen molar-refractivity contribution < 1.29 is 13.9 Å². The third kappa shape index (κ3) is 2.91. The van der Waals surface area contributed by atoms with Crippen LogP contribution >= 0.6 is 15.9 Å². The van der Waals surface area contributed by atoms with E-state index in [2.05, 4.69) is 26.2 Å². The first-order valence-electron chi connectivity index (χ1n) is 6.98. The summed E-state index contributed by atoms with van der Waals surface area (Å²) in [6, 6.07) is 3.02. The van der Waals surface area contributed by atoms with Crippen molar-refractivity contribution in [2.45, 2.75) is 18.9 Å². The fourth-order valence-electron chi connectivity index (χ4n) is 2.59. The molecule has 0 aliphatic carbocycles. The van der Waals surface area contributed by atoms with E-state index in [1.165, 1.54) is 12.3 Å². The van der Waals surface area contributed by atoms with E-state index in [-0.39, 0.29) is 11.6 Å². The number of carbonyl (C=O) groups is 1. The second kappa shape index (κ2) is 6.18. The number of primary amides is 1. The summed E-state index contributed by atoms with van der Waals surface area (Å²) >= 11 is 3.17. The van der Waals surface area contributed by atoms with Gasteiger partial charge < -0.3 is 15.8 Å². The van der Waals surface area contributed by atoms with E-state index in [0.717, 1.165) is 19.4 Å². The van der Waals surface area contributed by atoms with Crippen LogP contribution in [0.1, 0.15) is 23.2 Å². The van der Waals surface area contributed by atoms with Crippen LogP contribution in [0.25, 0.3) is 10.9 Å². The second-order valence-electron chi connectivity index (χ2n) is 5.25. The molecule has 0 unspecified atom stereocenters. The number of pyridine rings is 1. The Morgan fingerprint density at radius 2 is 2.32 bits per heavy atom. The number of hydrogen-bond acceptors (Lipinski definition) is 4. The number of fused-ring (bicyclic) bond motifs is 1. The molecule has 3 rings (SSSR count). The van der Waals surface area contributed by atoms with Crippen molar-refractivity contribution in [3.8, 4) is 0 Å². The summed E-state index contributed by atoms with van der Waals surface area (Å²) < 4.78 is 19.4. The lowest BCUT2D eigenvalue weighted by atomic mass is 10.1. The Morgan fingerprint density at radius 3 is 3.00 bits per heavy atom. The maximum absolute atomic E-state index is 13.7. The number of halogens is 2. The molecule has 0 saturated carbocycles. The van der Waals surface area contributed by atoms with Crippen LogP contribution in [0.4, 0.5) is 10.1 Å². The van der Waals surface area contributed by atoms with Gasteiger partial charge in [0.05, 0.1) is 27.8 Å². The molecule has 1 fully saturated rings. The van der Waals surface area contributed by atoms with E-state index in [1.807, 2.05) is 0 Å². The highest BCUT2D eigenvalue weighted by Crippen LogP contribution is 2.31. The zero-order valence-corrected chi connectivity index (χ0v) is 13.3. The molecule has 5 nitrogen and oxygen atoms in total. The molecule has 0 bridgehead atoms. The molecule has 1 aromatic heterocycles. The lowest BCUT2D eigenvalue weighted by Gasteiger charge is -2.25. The monoisotopic (exact) mass is 367 g/mol. The topological polar surface area (TPSA) is 77.2 Å². The van der Waals surface area contributed by atoms with E-state index in [0.29, 0.717) is 27.7 Å². The van der Waals surface area contributed by atoms with Gasteiger partial charge in [0.15, 0.2) is 0 Å². The highest BCUT2D eigenvalue weighted by molar-refractivity contribution is 9.10. The molecule has 1 amide bonds. The number of amides is 1. The number of hydrogen-bond donors (Lipinski definition) is 2. The highest BCUT2D eigenvalue weighted by Gasteiger charge is 2.20. The summed E-state index contributed by atoms with van der Waals surface area (Å²) in [4.78, 5) is 15.8. The average Bonchev–Trinajstić information content (AvgIpc) is 2.50. The summed E-state index contributed by atoms with van der Waals surface area (Å²) in [7, 11) is 0. The highest BCUT2D eigenvalue weighted by atomic mass is 79.9. The Labute approximate surface area is 135 Å². The fraction of sp³-hybridized carbons (Fsp3) is 0.333. The number of benzene rings is 1. The maximum atomic E-state index is 13.7. The minimum absolute atomic E-state index is 0.0845. The number of ether oxygens (including phenoxy) is 1. The Hall–Kier alpha value is -1.73. The van der Waals surface area contributed by atoms with Gasteiger partial charge in [-0.3, -0.25) is 9.78 Å². The first-order chi connectivity index (χ1) is 10.6. The van der Waals surface area contributed by atoms with Crippen molar-refractivity contribution in [2.75, 3.05) is 18.5 Å². The van der Waals surface area contributed by atoms with Crippen LogP contribution in [-0.2, 0) is 4.74 Å². The summed E-state index contributed by atoms with van der Waals surface area (Å²) in [5.74, 6) is -0.979. The van der Waals surface area contributed by atoms with Gasteiger partial charge in [0.25, 0.3) is 5.91 Å². The van der Waals surface area contributed by atoms with Gasteiger partial charge in [0.2, 0.25) is 0 Å². The average molecular weight is 368 g/mol. The number of anilines is 1. The Morgan fingerprint density at radius 1 is 1.50 bits per heavy atom. The van der Waals surface area contributed by atoms with Gasteiger partial charge in [-0.2, -0.15) is 0 Å². The van der Waals surface area contributed by atoms with Crippen molar-refractivity contribution in [2.24, 2.45) is 5.73 Å². The molecule has 3 N–H and O–H groups in total. The molecule has 0 radical (unpaired) electrons. The number of rotatable bonds is 3. The zero-order chi connectivity index (χ0) is 15.7. The molecule has 1 atom stereocenters. The molecule has 22 heavy (non-hydrogen) atoms. The lowest BCUT2D eigenvalue weighted by Crippen LogP contribution is -2.31. The minimum atomic E-state index is -0.575. The van der Waals surface area contributed by atoms with Crippen LogP contribution in [0.2, 0.25) is 0 Å². The van der Waals surface area contributed by atoms with Gasteiger partial charge in [-0.25, -0.2) is 4.39 Å². The van der Waals surface area contributed by atoms with E-state index in [9.17, 15) is 9.18 Å². The maximum Gasteiger partial charge on any atom is 0.252 e. The van der Waals surface area contributed by atoms with E-state index in [4.69, 9.17) is 10.5 Å². The van der Waals surface area contributed by atoms with Gasteiger partial charge in [-0.15, -0.1) is 0 Å². The van der Waals surface area contributed by atoms with E-state index < -0.39 is 11.7 Å². The first-order valence-corrected chi connectivity index (χ1v) is 7.77. The van der Waals surface area contributed by atoms with Crippen LogP contribution in [0, 0.1) is 5.82 Å². The molecule has 1 aromatic carbocycles. The quantitative estimate of drug-likeness (QED) is 0.874. The zero-order valence-electron chi connectivity index (χ0n) is 11.7. The lowest BCUT2D eigenvalue weighted by molar-refractivity contribution is 0.0875. The molecule has 2 heterocycles. The molecular weight excluding hydrogens is 353 g/mol. The van der Waals surface area contributed by atoms with E-state index >= 15 is 0 Å². The summed E-state index contributed by atoms with van der Waals surface area (Å²) in [6.07, 6.45) is 3.26. The molecule has 1 saturated heterocycles. The summed E-state index contributed by atoms with van der Waals surface area (Å²) in [5.41, 5.74) is 6.77. The summed E-state index contributed by atoms with van der Waals surface area (Å²) in [5, 5.41) is 3.96. The van der Waals surface area contributed by atoms with Crippen LogP contribution in [0.5, 0.6) is 0 Å². The van der Waals surface area contributed by atoms with Gasteiger partial charge >= 0.3 is 0 Å². The predicted molar refractivity (Wildman–Crippen MR) is 85.4 cm³/mol. The molecular formula is C15H15BrFN3O2. The van der Waals surface area contributed by atoms with Gasteiger partial charge in [0.1, 0.15) is 5.82 Å². The van der Waals surface area contributed by atoms with Gasteiger partial charge in [-0.05, 0) is 34.8 Å². The van der Waals surface area contributed by atoms with Gasteiger partial charge in [-0.1, -0.05) is 0 Å². The SMILES string of the molecule is NC(=O)c1cnc2cc(F)c(Br)cc2c1N[C@H]1CCCOC1. The van der Waals surface area contributed by atoms with Crippen molar-refractivity contribution in [1.29, 1.82) is 0 Å². The predicted octanol–water partition coefficient (Wildman–Crippen LogP) is 2.83. The number of nitrogens with two attached hydrogens (primary N) is 1. The molecule has 1 aliphatic heterocycles. The molecule has 116 valence electrons. The smallest absolute Gasteiger partial charge is 0.252 e. The fourth-order valence-corrected chi connectivity index (χ4v) is 2.93. The molecule has 7 heteroatoms. The van der Waals surface area contributed by atoms with E-state index in [1.54, 1.807) is 6.07 Å². The van der Waals surface area contributed by atoms with Gasteiger partial charge in [0, 0.05) is 30.3 Å². The standard InChI is InChI=1S/C15H15BrFN3O2/c16-11-4-9-13(5-12(11)17)19-6-10(15(18)21)14(9)20-8-2-1-3-22-7-8/h4-6,8H,1-3,7H2,(H2,18,21)(H,19,20)/t8-/m0/s1. The molecule has 1 aliphatic rings. The Balaban J connectivity index is 2.11. The molecule has 0 spiro atoms. The number of nitrogens with zero attached hydrogens (tertiary/aromatic N) is 1. The number of nitrogens with one attached hydrogen (secondary N) is 1. The third-order valence-corrected chi connectivity index (χ3v) is 4.29. The van der Waals surface area contributed by atoms with Crippen molar-refractivity contribution >= 4 is 38.4 Å². The normalized spacial score (nSPS) is 18.4. The van der Waals surface area contributed by atoms with Crippen molar-refractivity contribution in [3.63, 3.8) is 0 Å². The third-order valence-electron chi connectivity index (χ3n) is 3.68. The Bertz CT molecular complexity index is 732. The van der Waals surface area contributed by atoms with Crippen LogP contribution in [-0.4, -0.2) is 30.1 Å².